The first-order valence-corrected chi connectivity index (χ1v) is 13.8. The summed E-state index contributed by atoms with van der Waals surface area (Å²) in [6, 6.07) is 24.3. The van der Waals surface area contributed by atoms with E-state index in [4.69, 9.17) is 10.00 Å². The van der Waals surface area contributed by atoms with Crippen LogP contribution >= 0.6 is 0 Å². The van der Waals surface area contributed by atoms with Crippen molar-refractivity contribution in [1.29, 1.82) is 10.5 Å². The summed E-state index contributed by atoms with van der Waals surface area (Å²) in [6.07, 6.45) is 4.51. The second-order valence-corrected chi connectivity index (χ2v) is 10.8. The lowest BCUT2D eigenvalue weighted by Gasteiger charge is -2.22. The quantitative estimate of drug-likeness (QED) is 0.297. The highest BCUT2D eigenvalue weighted by Gasteiger charge is 2.22. The summed E-state index contributed by atoms with van der Waals surface area (Å²) in [5.41, 5.74) is 5.13. The van der Waals surface area contributed by atoms with Gasteiger partial charge in [0, 0.05) is 19.3 Å². The van der Waals surface area contributed by atoms with Crippen LogP contribution in [0.4, 0.5) is 0 Å². The van der Waals surface area contributed by atoms with Gasteiger partial charge in [0.15, 0.2) is 0 Å². The van der Waals surface area contributed by atoms with Crippen molar-refractivity contribution in [1.82, 2.24) is 13.9 Å². The Balaban J connectivity index is 1.65. The van der Waals surface area contributed by atoms with Crippen molar-refractivity contribution >= 4 is 10.0 Å². The Morgan fingerprint density at radius 1 is 0.974 bits per heavy atom. The molecule has 1 heterocycles. The molecular formula is C29H27N5O3S. The van der Waals surface area contributed by atoms with E-state index in [0.717, 1.165) is 27.9 Å². The standard InChI is InChI=1S/C29H27N5O3S/c1-3-37-28-6-4-5-25(14-28)29-13-24(16-31)11-12-26(29)19-34(38(2,35)36)20-27-17-32-21-33(27)18-23-9-7-22(15-30)8-10-23/h4-14,17,21H,3,18-20H2,1-2H3. The van der Waals surface area contributed by atoms with Crippen molar-refractivity contribution in [2.75, 3.05) is 12.9 Å². The number of benzene rings is 3. The highest BCUT2D eigenvalue weighted by Crippen LogP contribution is 2.30. The molecule has 0 aliphatic carbocycles. The van der Waals surface area contributed by atoms with E-state index >= 15 is 0 Å². The molecule has 0 saturated carbocycles. The van der Waals surface area contributed by atoms with E-state index in [1.54, 1.807) is 42.9 Å². The molecule has 0 atom stereocenters. The largest absolute Gasteiger partial charge is 0.494 e. The summed E-state index contributed by atoms with van der Waals surface area (Å²) in [4.78, 5) is 4.25. The molecule has 0 fully saturated rings. The topological polar surface area (TPSA) is 112 Å². The highest BCUT2D eigenvalue weighted by molar-refractivity contribution is 7.88. The van der Waals surface area contributed by atoms with Crippen molar-refractivity contribution in [3.05, 3.63) is 107 Å². The molecule has 8 nitrogen and oxygen atoms in total. The van der Waals surface area contributed by atoms with Crippen LogP contribution in [0, 0.1) is 22.7 Å². The lowest BCUT2D eigenvalue weighted by molar-refractivity contribution is 0.340. The normalized spacial score (nSPS) is 11.2. The first kappa shape index (κ1) is 26.6. The van der Waals surface area contributed by atoms with Gasteiger partial charge in [-0.2, -0.15) is 14.8 Å². The van der Waals surface area contributed by atoms with Crippen LogP contribution in [0.1, 0.15) is 34.9 Å². The molecule has 192 valence electrons. The van der Waals surface area contributed by atoms with Gasteiger partial charge in [0.1, 0.15) is 5.75 Å². The number of imidazole rings is 1. The van der Waals surface area contributed by atoms with E-state index in [1.165, 1.54) is 10.6 Å². The molecule has 0 aliphatic rings. The van der Waals surface area contributed by atoms with E-state index in [0.29, 0.717) is 30.0 Å². The fourth-order valence-electron chi connectivity index (χ4n) is 4.14. The highest BCUT2D eigenvalue weighted by atomic mass is 32.2. The minimum absolute atomic E-state index is 0.112. The third-order valence-electron chi connectivity index (χ3n) is 6.08. The van der Waals surface area contributed by atoms with Crippen LogP contribution in [-0.2, 0) is 29.7 Å². The Labute approximate surface area is 223 Å². The van der Waals surface area contributed by atoms with Crippen molar-refractivity contribution in [3.63, 3.8) is 0 Å². The average Bonchev–Trinajstić information content (AvgIpc) is 3.35. The first-order chi connectivity index (χ1) is 18.3. The minimum atomic E-state index is -3.60. The van der Waals surface area contributed by atoms with E-state index in [-0.39, 0.29) is 13.1 Å². The number of hydrogen-bond acceptors (Lipinski definition) is 6. The Hall–Kier alpha value is -4.44. The number of aromatic nitrogens is 2. The molecule has 4 rings (SSSR count). The Kier molecular flexibility index (Phi) is 8.22. The van der Waals surface area contributed by atoms with Gasteiger partial charge in [-0.3, -0.25) is 0 Å². The van der Waals surface area contributed by atoms with Crippen LogP contribution in [0.25, 0.3) is 11.1 Å². The number of hydrogen-bond donors (Lipinski definition) is 0. The lowest BCUT2D eigenvalue weighted by atomic mass is 9.97. The van der Waals surface area contributed by atoms with Gasteiger partial charge in [-0.25, -0.2) is 13.4 Å². The molecule has 0 saturated heterocycles. The lowest BCUT2D eigenvalue weighted by Crippen LogP contribution is -2.30. The Morgan fingerprint density at radius 2 is 1.71 bits per heavy atom. The summed E-state index contributed by atoms with van der Waals surface area (Å²) in [5.74, 6) is 0.699. The van der Waals surface area contributed by atoms with E-state index in [2.05, 4.69) is 17.1 Å². The van der Waals surface area contributed by atoms with Crippen molar-refractivity contribution < 1.29 is 13.2 Å². The van der Waals surface area contributed by atoms with Crippen molar-refractivity contribution in [3.8, 4) is 29.0 Å². The second kappa shape index (κ2) is 11.7. The van der Waals surface area contributed by atoms with Crippen molar-refractivity contribution in [2.45, 2.75) is 26.6 Å². The van der Waals surface area contributed by atoms with Crippen LogP contribution in [0.15, 0.2) is 79.3 Å². The molecule has 3 aromatic carbocycles. The summed E-state index contributed by atoms with van der Waals surface area (Å²) in [6.45, 7) is 3.15. The van der Waals surface area contributed by atoms with Gasteiger partial charge in [0.05, 0.1) is 54.7 Å². The Bertz CT molecular complexity index is 1610. The van der Waals surface area contributed by atoms with Gasteiger partial charge in [0.2, 0.25) is 10.0 Å². The second-order valence-electron chi connectivity index (χ2n) is 8.80. The van der Waals surface area contributed by atoms with Crippen LogP contribution in [0.5, 0.6) is 5.75 Å². The monoisotopic (exact) mass is 525 g/mol. The molecule has 0 amide bonds. The summed E-state index contributed by atoms with van der Waals surface area (Å²) < 4.78 is 34.8. The maximum Gasteiger partial charge on any atom is 0.211 e. The zero-order chi connectivity index (χ0) is 27.1. The predicted molar refractivity (Wildman–Crippen MR) is 144 cm³/mol. The van der Waals surface area contributed by atoms with Crippen LogP contribution < -0.4 is 4.74 Å². The molecule has 0 aliphatic heterocycles. The van der Waals surface area contributed by atoms with E-state index in [1.807, 2.05) is 47.9 Å². The summed E-state index contributed by atoms with van der Waals surface area (Å²) in [5, 5.41) is 18.5. The number of rotatable bonds is 10. The smallest absolute Gasteiger partial charge is 0.211 e. The fraction of sp³-hybridized carbons (Fsp3) is 0.207. The number of nitrogens with zero attached hydrogens (tertiary/aromatic N) is 5. The average molecular weight is 526 g/mol. The van der Waals surface area contributed by atoms with Gasteiger partial charge >= 0.3 is 0 Å². The zero-order valence-corrected chi connectivity index (χ0v) is 22.0. The summed E-state index contributed by atoms with van der Waals surface area (Å²) in [7, 11) is -3.60. The maximum atomic E-state index is 12.9. The SMILES string of the molecule is CCOc1cccc(-c2cc(C#N)ccc2CN(Cc2cncn2Cc2ccc(C#N)cc2)S(C)(=O)=O)c1. The third kappa shape index (κ3) is 6.46. The molecule has 0 N–H and O–H groups in total. The molecule has 38 heavy (non-hydrogen) atoms. The predicted octanol–water partition coefficient (Wildman–Crippen LogP) is 4.70. The van der Waals surface area contributed by atoms with Crippen molar-refractivity contribution in [2.24, 2.45) is 0 Å². The van der Waals surface area contributed by atoms with Gasteiger partial charge in [-0.1, -0.05) is 30.3 Å². The molecule has 1 aromatic heterocycles. The van der Waals surface area contributed by atoms with E-state index in [9.17, 15) is 13.7 Å². The zero-order valence-electron chi connectivity index (χ0n) is 21.2. The van der Waals surface area contributed by atoms with Gasteiger partial charge < -0.3 is 9.30 Å². The molecule has 0 radical (unpaired) electrons. The number of ether oxygens (including phenoxy) is 1. The van der Waals surface area contributed by atoms with Crippen LogP contribution in [0.3, 0.4) is 0 Å². The minimum Gasteiger partial charge on any atom is -0.494 e. The summed E-state index contributed by atoms with van der Waals surface area (Å²) >= 11 is 0. The number of nitriles is 2. The molecule has 0 unspecified atom stereocenters. The number of sulfonamides is 1. The van der Waals surface area contributed by atoms with Crippen LogP contribution in [0.2, 0.25) is 0 Å². The Morgan fingerprint density at radius 3 is 2.39 bits per heavy atom. The van der Waals surface area contributed by atoms with Gasteiger partial charge in [0.25, 0.3) is 0 Å². The van der Waals surface area contributed by atoms with Gasteiger partial charge in [-0.05, 0) is 65.6 Å². The van der Waals surface area contributed by atoms with Gasteiger partial charge in [-0.15, -0.1) is 0 Å². The van der Waals surface area contributed by atoms with E-state index < -0.39 is 10.0 Å². The van der Waals surface area contributed by atoms with Crippen LogP contribution in [-0.4, -0.2) is 35.1 Å². The molecule has 9 heteroatoms. The molecule has 0 spiro atoms. The maximum absolute atomic E-state index is 12.9. The molecule has 4 aromatic rings. The third-order valence-corrected chi connectivity index (χ3v) is 7.28. The fourth-order valence-corrected chi connectivity index (χ4v) is 4.88. The molecular weight excluding hydrogens is 498 g/mol. The first-order valence-electron chi connectivity index (χ1n) is 12.0. The molecule has 0 bridgehead atoms.